The number of ketones is 2. The van der Waals surface area contributed by atoms with Crippen molar-refractivity contribution in [2.45, 2.75) is 0 Å². The van der Waals surface area contributed by atoms with E-state index in [1.165, 1.54) is 30.3 Å². The smallest absolute Gasteiger partial charge is 0.200 e. The Bertz CT molecular complexity index is 1170. The van der Waals surface area contributed by atoms with Crippen molar-refractivity contribution < 1.29 is 24.9 Å². The Morgan fingerprint density at radius 3 is 2.07 bits per heavy atom. The second-order valence-corrected chi connectivity index (χ2v) is 6.24. The van der Waals surface area contributed by atoms with Crippen LogP contribution >= 0.6 is 0 Å². The third kappa shape index (κ3) is 2.22. The summed E-state index contributed by atoms with van der Waals surface area (Å²) < 4.78 is 0. The minimum atomic E-state index is -0.709. The summed E-state index contributed by atoms with van der Waals surface area (Å²) in [6, 6.07) is 9.91. The van der Waals surface area contributed by atoms with Crippen LogP contribution in [0.1, 0.15) is 31.8 Å². The molecule has 7 nitrogen and oxygen atoms in total. The van der Waals surface area contributed by atoms with Crippen molar-refractivity contribution in [1.29, 1.82) is 0 Å². The summed E-state index contributed by atoms with van der Waals surface area (Å²) in [6.07, 6.45) is 0. The summed E-state index contributed by atoms with van der Waals surface area (Å²) in [5.41, 5.74) is 11.6. The van der Waals surface area contributed by atoms with Gasteiger partial charge in [0.25, 0.3) is 0 Å². The maximum Gasteiger partial charge on any atom is 0.200 e. The van der Waals surface area contributed by atoms with Gasteiger partial charge < -0.3 is 26.8 Å². The Labute approximate surface area is 153 Å². The highest BCUT2D eigenvalue weighted by Crippen LogP contribution is 2.45. The first-order valence-electron chi connectivity index (χ1n) is 7.97. The van der Waals surface area contributed by atoms with Crippen LogP contribution in [0, 0.1) is 0 Å². The number of anilines is 2. The summed E-state index contributed by atoms with van der Waals surface area (Å²) >= 11 is 0. The number of carbonyl (C=O) groups excluding carboxylic acids is 2. The van der Waals surface area contributed by atoms with E-state index in [0.29, 0.717) is 5.56 Å². The van der Waals surface area contributed by atoms with Crippen molar-refractivity contribution in [3.8, 4) is 28.4 Å². The number of nitrogens with two attached hydrogens (primary N) is 2. The molecular weight excluding hydrogens is 348 g/mol. The minimum Gasteiger partial charge on any atom is -0.508 e. The van der Waals surface area contributed by atoms with Gasteiger partial charge in [-0.05, 0) is 35.9 Å². The number of hydrogen-bond acceptors (Lipinski definition) is 7. The molecule has 0 radical (unpaired) electrons. The number of fused-ring (bicyclic) bond motifs is 2. The maximum atomic E-state index is 13.0. The van der Waals surface area contributed by atoms with Crippen LogP contribution in [-0.2, 0) is 0 Å². The van der Waals surface area contributed by atoms with Gasteiger partial charge in [-0.2, -0.15) is 0 Å². The van der Waals surface area contributed by atoms with Gasteiger partial charge in [0.15, 0.2) is 0 Å². The maximum absolute atomic E-state index is 13.0. The zero-order valence-corrected chi connectivity index (χ0v) is 13.9. The number of phenols is 3. The molecule has 7 heteroatoms. The van der Waals surface area contributed by atoms with Crippen LogP contribution < -0.4 is 11.5 Å². The molecule has 0 unspecified atom stereocenters. The molecule has 1 aliphatic rings. The predicted octanol–water partition coefficient (Wildman–Crippen LogP) is 2.41. The van der Waals surface area contributed by atoms with E-state index >= 15 is 0 Å². The van der Waals surface area contributed by atoms with Gasteiger partial charge in [-0.1, -0.05) is 12.1 Å². The first-order valence-corrected chi connectivity index (χ1v) is 7.97. The average Bonchev–Trinajstić information content (AvgIpc) is 2.63. The number of phenolic OH excluding ortho intramolecular Hbond substituents is 3. The van der Waals surface area contributed by atoms with Crippen LogP contribution in [-0.4, -0.2) is 26.9 Å². The minimum absolute atomic E-state index is 0.00697. The van der Waals surface area contributed by atoms with Gasteiger partial charge in [0, 0.05) is 16.9 Å². The summed E-state index contributed by atoms with van der Waals surface area (Å²) in [4.78, 5) is 25.9. The SMILES string of the molecule is Nc1ccc(O)c2c1C(=O)c1c(O)c(-c3cccc(O)c3)cc(N)c1C2=O. The van der Waals surface area contributed by atoms with E-state index in [1.54, 1.807) is 12.1 Å². The van der Waals surface area contributed by atoms with Crippen LogP contribution in [0.4, 0.5) is 11.4 Å². The van der Waals surface area contributed by atoms with Gasteiger partial charge in [0.05, 0.1) is 22.3 Å². The fraction of sp³-hybridized carbons (Fsp3) is 0. The molecule has 0 spiro atoms. The molecule has 0 saturated heterocycles. The van der Waals surface area contributed by atoms with Crippen molar-refractivity contribution in [3.05, 3.63) is 64.7 Å². The van der Waals surface area contributed by atoms with E-state index in [0.717, 1.165) is 0 Å². The number of rotatable bonds is 1. The van der Waals surface area contributed by atoms with Gasteiger partial charge in [-0.3, -0.25) is 9.59 Å². The lowest BCUT2D eigenvalue weighted by Gasteiger charge is -2.23. The molecule has 0 heterocycles. The van der Waals surface area contributed by atoms with E-state index in [4.69, 9.17) is 11.5 Å². The second kappa shape index (κ2) is 5.50. The van der Waals surface area contributed by atoms with Gasteiger partial charge in [0.2, 0.25) is 11.6 Å². The summed E-state index contributed by atoms with van der Waals surface area (Å²) in [5, 5.41) is 30.5. The Kier molecular flexibility index (Phi) is 3.35. The van der Waals surface area contributed by atoms with Crippen LogP contribution in [0.15, 0.2) is 42.5 Å². The fourth-order valence-electron chi connectivity index (χ4n) is 3.38. The van der Waals surface area contributed by atoms with E-state index in [-0.39, 0.29) is 50.7 Å². The van der Waals surface area contributed by atoms with E-state index in [1.807, 2.05) is 0 Å². The van der Waals surface area contributed by atoms with Crippen LogP contribution in [0.5, 0.6) is 17.2 Å². The van der Waals surface area contributed by atoms with Crippen molar-refractivity contribution >= 4 is 22.9 Å². The molecule has 0 bridgehead atoms. The third-order valence-electron chi connectivity index (χ3n) is 4.61. The Morgan fingerprint density at radius 1 is 0.704 bits per heavy atom. The Morgan fingerprint density at radius 2 is 1.37 bits per heavy atom. The average molecular weight is 362 g/mol. The number of hydrogen-bond donors (Lipinski definition) is 5. The van der Waals surface area contributed by atoms with Gasteiger partial charge in [-0.15, -0.1) is 0 Å². The molecule has 3 aromatic carbocycles. The van der Waals surface area contributed by atoms with E-state index < -0.39 is 17.3 Å². The lowest BCUT2D eigenvalue weighted by molar-refractivity contribution is 0.0975. The third-order valence-corrected chi connectivity index (χ3v) is 4.61. The van der Waals surface area contributed by atoms with Crippen LogP contribution in [0.3, 0.4) is 0 Å². The molecule has 0 aromatic heterocycles. The molecule has 4 rings (SSSR count). The monoisotopic (exact) mass is 362 g/mol. The van der Waals surface area contributed by atoms with Crippen molar-refractivity contribution in [2.75, 3.05) is 11.5 Å². The predicted molar refractivity (Wildman–Crippen MR) is 99.0 cm³/mol. The molecule has 1 aliphatic carbocycles. The molecule has 0 aliphatic heterocycles. The number of benzene rings is 3. The van der Waals surface area contributed by atoms with Crippen molar-refractivity contribution in [2.24, 2.45) is 0 Å². The normalized spacial score (nSPS) is 12.6. The van der Waals surface area contributed by atoms with Crippen molar-refractivity contribution in [1.82, 2.24) is 0 Å². The Hall–Kier alpha value is -4.00. The molecule has 3 aromatic rings. The van der Waals surface area contributed by atoms with E-state index in [9.17, 15) is 24.9 Å². The molecule has 27 heavy (non-hydrogen) atoms. The first kappa shape index (κ1) is 16.5. The van der Waals surface area contributed by atoms with Crippen molar-refractivity contribution in [3.63, 3.8) is 0 Å². The number of carbonyl (C=O) groups is 2. The first-order chi connectivity index (χ1) is 12.8. The Balaban J connectivity index is 2.06. The summed E-state index contributed by atoms with van der Waals surface area (Å²) in [6.45, 7) is 0. The quantitative estimate of drug-likeness (QED) is 0.258. The topological polar surface area (TPSA) is 147 Å². The van der Waals surface area contributed by atoms with Crippen LogP contribution in [0.2, 0.25) is 0 Å². The highest BCUT2D eigenvalue weighted by Gasteiger charge is 2.38. The zero-order valence-electron chi connectivity index (χ0n) is 13.9. The standard InChI is InChI=1S/C20H14N2O5/c21-11-4-5-13(24)16-14(11)20(27)17-15(19(16)26)12(22)7-10(18(17)25)8-2-1-3-9(23)6-8/h1-7,23-25H,21-22H2. The van der Waals surface area contributed by atoms with Gasteiger partial charge in [-0.25, -0.2) is 0 Å². The van der Waals surface area contributed by atoms with Crippen LogP contribution in [0.25, 0.3) is 11.1 Å². The van der Waals surface area contributed by atoms with E-state index in [2.05, 4.69) is 0 Å². The molecule has 0 fully saturated rings. The highest BCUT2D eigenvalue weighted by molar-refractivity contribution is 6.33. The molecule has 0 atom stereocenters. The van der Waals surface area contributed by atoms with Gasteiger partial charge in [0.1, 0.15) is 17.2 Å². The second-order valence-electron chi connectivity index (χ2n) is 6.24. The highest BCUT2D eigenvalue weighted by atomic mass is 16.3. The fourth-order valence-corrected chi connectivity index (χ4v) is 3.38. The molecule has 134 valence electrons. The lowest BCUT2D eigenvalue weighted by atomic mass is 9.80. The molecule has 7 N–H and O–H groups in total. The summed E-state index contributed by atoms with van der Waals surface area (Å²) in [7, 11) is 0. The largest absolute Gasteiger partial charge is 0.508 e. The molecule has 0 amide bonds. The molecular formula is C20H14N2O5. The summed E-state index contributed by atoms with van der Waals surface area (Å²) in [5.74, 6) is -2.28. The number of aromatic hydroxyl groups is 3. The lowest BCUT2D eigenvalue weighted by Crippen LogP contribution is -2.24. The van der Waals surface area contributed by atoms with Gasteiger partial charge >= 0.3 is 0 Å². The zero-order chi connectivity index (χ0) is 19.5. The molecule has 0 saturated carbocycles. The number of nitrogen functional groups attached to an aromatic ring is 2.